The molecular weight excluding hydrogens is 622 g/mol. The maximum absolute atomic E-state index is 4.91. The van der Waals surface area contributed by atoms with Gasteiger partial charge in [-0.3, -0.25) is 0 Å². The molecule has 0 aliphatic rings. The summed E-state index contributed by atoms with van der Waals surface area (Å²) in [5.74, 6) is 2.06. The molecule has 0 fully saturated rings. The Morgan fingerprint density at radius 1 is 0.854 bits per heavy atom. The molecule has 0 spiro atoms. The number of halogens is 1. The molecule has 0 aromatic carbocycles. The highest BCUT2D eigenvalue weighted by atomic mass is 79.9. The van der Waals surface area contributed by atoms with Crippen LogP contribution in [0, 0.1) is 13.8 Å². The average molecular weight is 655 g/mol. The van der Waals surface area contributed by atoms with Gasteiger partial charge in [-0.05, 0) is 48.7 Å². The second kappa shape index (κ2) is 12.7. The summed E-state index contributed by atoms with van der Waals surface area (Å²) in [6.45, 7) is 8.62. The van der Waals surface area contributed by atoms with Gasteiger partial charge >= 0.3 is 0 Å². The van der Waals surface area contributed by atoms with Crippen molar-refractivity contribution in [3.8, 4) is 32.1 Å². The molecule has 6 aromatic rings. The number of rotatable bonds is 8. The van der Waals surface area contributed by atoms with Gasteiger partial charge in [0.05, 0.1) is 26.1 Å². The van der Waals surface area contributed by atoms with Crippen LogP contribution in [0.25, 0.3) is 37.8 Å². The summed E-state index contributed by atoms with van der Waals surface area (Å²) in [5, 5.41) is 14.7. The zero-order valence-corrected chi connectivity index (χ0v) is 27.1. The Bertz CT molecular complexity index is 1750. The van der Waals surface area contributed by atoms with Crippen LogP contribution in [-0.4, -0.2) is 54.1 Å². The molecule has 214 valence electrons. The number of hydrogen-bond acceptors (Lipinski definition) is 10. The van der Waals surface area contributed by atoms with Crippen molar-refractivity contribution < 1.29 is 0 Å². The first-order valence-electron chi connectivity index (χ1n) is 13.4. The predicted molar refractivity (Wildman–Crippen MR) is 166 cm³/mol. The average Bonchev–Trinajstić information content (AvgIpc) is 3.76. The molecule has 14 heteroatoms. The molecule has 41 heavy (non-hydrogen) atoms. The maximum atomic E-state index is 4.91. The molecule has 0 aliphatic heterocycles. The molecule has 0 saturated carbocycles. The summed E-state index contributed by atoms with van der Waals surface area (Å²) >= 11 is 6.49. The first-order chi connectivity index (χ1) is 19.8. The van der Waals surface area contributed by atoms with E-state index in [9.17, 15) is 0 Å². The molecule has 0 aliphatic carbocycles. The zero-order valence-electron chi connectivity index (χ0n) is 23.9. The number of nitrogens with zero attached hydrogens (tertiary/aromatic N) is 11. The van der Waals surface area contributed by atoms with E-state index in [1.54, 1.807) is 44.6 Å². The zero-order chi connectivity index (χ0) is 29.1. The van der Waals surface area contributed by atoms with E-state index in [-0.39, 0.29) is 0 Å². The van der Waals surface area contributed by atoms with Crippen LogP contribution < -0.4 is 0 Å². The van der Waals surface area contributed by atoms with Gasteiger partial charge < -0.3 is 0 Å². The van der Waals surface area contributed by atoms with E-state index in [1.807, 2.05) is 20.3 Å². The van der Waals surface area contributed by atoms with Crippen molar-refractivity contribution in [2.24, 2.45) is 14.1 Å². The quantitative estimate of drug-likeness (QED) is 0.179. The van der Waals surface area contributed by atoms with Crippen LogP contribution in [-0.2, 0) is 14.1 Å². The highest BCUT2D eigenvalue weighted by Gasteiger charge is 2.22. The van der Waals surface area contributed by atoms with Crippen LogP contribution in [0.15, 0.2) is 34.9 Å². The third kappa shape index (κ3) is 6.14. The van der Waals surface area contributed by atoms with Crippen LogP contribution in [0.3, 0.4) is 0 Å². The van der Waals surface area contributed by atoms with Crippen LogP contribution >= 0.6 is 38.6 Å². The van der Waals surface area contributed by atoms with E-state index < -0.39 is 0 Å². The van der Waals surface area contributed by atoms with Gasteiger partial charge in [0.2, 0.25) is 0 Å². The third-order valence-corrected chi connectivity index (χ3v) is 9.13. The Kier molecular flexibility index (Phi) is 9.00. The van der Waals surface area contributed by atoms with Crippen molar-refractivity contribution in [3.63, 3.8) is 0 Å². The fourth-order valence-corrected chi connectivity index (χ4v) is 7.09. The minimum atomic E-state index is 0.497. The number of hydrogen-bond donors (Lipinski definition) is 0. The Hall–Kier alpha value is -3.36. The standard InChI is InChI=1S/C21H27N7S.C6H5BrN4S/c1-6-8-15(9-7-2)16-10-13(3)25-19-18(14(4)26-28(16)19)17-11-22-21(29-17)20-23-12-24-27(20)5;1-11-5(9-3-10-11)6-8-2-4(7)12-6/h10-12,15H,6-9H2,1-5H3;2-3H,1H3. The molecule has 0 radical (unpaired) electrons. The molecule has 0 bridgehead atoms. The van der Waals surface area contributed by atoms with E-state index in [4.69, 9.17) is 10.1 Å². The van der Waals surface area contributed by atoms with Crippen molar-refractivity contribution >= 4 is 44.3 Å². The molecule has 0 N–H and O–H groups in total. The van der Waals surface area contributed by atoms with Gasteiger partial charge in [0.25, 0.3) is 0 Å². The van der Waals surface area contributed by atoms with E-state index in [0.29, 0.717) is 5.92 Å². The molecule has 0 unspecified atom stereocenters. The molecule has 0 atom stereocenters. The minimum Gasteiger partial charge on any atom is -0.247 e. The monoisotopic (exact) mass is 653 g/mol. The van der Waals surface area contributed by atoms with Crippen LogP contribution in [0.1, 0.15) is 62.5 Å². The Balaban J connectivity index is 0.000000234. The van der Waals surface area contributed by atoms with E-state index >= 15 is 0 Å². The number of fused-ring (bicyclic) bond motifs is 1. The summed E-state index contributed by atoms with van der Waals surface area (Å²) in [6, 6.07) is 2.21. The normalized spacial score (nSPS) is 11.4. The topological polar surface area (TPSA) is 117 Å². The molecule has 0 amide bonds. The highest BCUT2D eigenvalue weighted by molar-refractivity contribution is 9.11. The SMILES string of the molecule is CCCC(CCC)c1cc(C)nc2c(-c3cnc(-c4ncnn4C)s3)c(C)nn12.Cn1ncnc1-c1ncc(Br)s1. The summed E-state index contributed by atoms with van der Waals surface area (Å²) in [6.07, 6.45) is 11.4. The van der Waals surface area contributed by atoms with Gasteiger partial charge in [-0.1, -0.05) is 26.7 Å². The number of thiazole rings is 2. The summed E-state index contributed by atoms with van der Waals surface area (Å²) in [4.78, 5) is 23.1. The van der Waals surface area contributed by atoms with Crippen molar-refractivity contribution in [2.45, 2.75) is 59.3 Å². The second-order valence-corrected chi connectivity index (χ2v) is 13.1. The van der Waals surface area contributed by atoms with Gasteiger partial charge in [0.15, 0.2) is 27.3 Å². The summed E-state index contributed by atoms with van der Waals surface area (Å²) < 4.78 is 6.51. The van der Waals surface area contributed by atoms with Crippen molar-refractivity contribution in [2.75, 3.05) is 0 Å². The van der Waals surface area contributed by atoms with Gasteiger partial charge in [-0.2, -0.15) is 15.3 Å². The van der Waals surface area contributed by atoms with Gasteiger partial charge in [-0.25, -0.2) is 38.8 Å². The summed E-state index contributed by atoms with van der Waals surface area (Å²) in [5.41, 5.74) is 5.26. The van der Waals surface area contributed by atoms with Crippen molar-refractivity contribution in [3.05, 3.63) is 52.0 Å². The molecule has 6 rings (SSSR count). The lowest BCUT2D eigenvalue weighted by Crippen LogP contribution is -2.08. The summed E-state index contributed by atoms with van der Waals surface area (Å²) in [7, 11) is 3.72. The molecule has 6 heterocycles. The largest absolute Gasteiger partial charge is 0.247 e. The lowest BCUT2D eigenvalue weighted by molar-refractivity contribution is 0.533. The van der Waals surface area contributed by atoms with E-state index in [0.717, 1.165) is 78.6 Å². The maximum Gasteiger partial charge on any atom is 0.187 e. The first-order valence-corrected chi connectivity index (χ1v) is 15.9. The second-order valence-electron chi connectivity index (χ2n) is 9.71. The lowest BCUT2D eigenvalue weighted by atomic mass is 9.94. The lowest BCUT2D eigenvalue weighted by Gasteiger charge is -2.17. The predicted octanol–water partition coefficient (Wildman–Crippen LogP) is 6.65. The smallest absolute Gasteiger partial charge is 0.187 e. The van der Waals surface area contributed by atoms with E-state index in [2.05, 4.69) is 84.3 Å². The Labute approximate surface area is 254 Å². The van der Waals surface area contributed by atoms with Crippen molar-refractivity contribution in [1.29, 1.82) is 0 Å². The molecule has 11 nitrogen and oxygen atoms in total. The highest BCUT2D eigenvalue weighted by Crippen LogP contribution is 2.37. The van der Waals surface area contributed by atoms with Crippen LogP contribution in [0.2, 0.25) is 0 Å². The fourth-order valence-electron chi connectivity index (χ4n) is 4.82. The Morgan fingerprint density at radius 2 is 1.46 bits per heavy atom. The fraction of sp³-hybridized carbons (Fsp3) is 0.407. The van der Waals surface area contributed by atoms with Crippen molar-refractivity contribution in [1.82, 2.24) is 54.1 Å². The molecule has 6 aromatic heterocycles. The first kappa shape index (κ1) is 29.1. The van der Waals surface area contributed by atoms with E-state index in [1.165, 1.54) is 12.0 Å². The molecular formula is C27H32BrN11S2. The van der Waals surface area contributed by atoms with Gasteiger partial charge in [0.1, 0.15) is 12.7 Å². The van der Waals surface area contributed by atoms with Gasteiger partial charge in [-0.15, -0.1) is 22.7 Å². The number of aryl methyl sites for hydroxylation is 4. The Morgan fingerprint density at radius 3 is 2.00 bits per heavy atom. The van der Waals surface area contributed by atoms with Crippen LogP contribution in [0.4, 0.5) is 0 Å². The minimum absolute atomic E-state index is 0.497. The third-order valence-electron chi connectivity index (χ3n) is 6.65. The van der Waals surface area contributed by atoms with Crippen LogP contribution in [0.5, 0.6) is 0 Å². The number of aromatic nitrogens is 11. The molecule has 0 saturated heterocycles. The van der Waals surface area contributed by atoms with Gasteiger partial charge in [0, 0.05) is 37.6 Å².